The lowest BCUT2D eigenvalue weighted by molar-refractivity contribution is -0.671. The smallest absolute Gasteiger partial charge is 0.169 e. The van der Waals surface area contributed by atoms with Gasteiger partial charge in [0.1, 0.15) is 7.05 Å². The number of hydrogen-bond acceptors (Lipinski definition) is 1. The van der Waals surface area contributed by atoms with E-state index in [0.29, 0.717) is 0 Å². The fraction of sp³-hybridized carbons (Fsp3) is 0.167. The first-order chi connectivity index (χ1) is 9.63. The molecule has 0 atom stereocenters. The van der Waals surface area contributed by atoms with Gasteiger partial charge in [0.05, 0.1) is 0 Å². The van der Waals surface area contributed by atoms with E-state index in [2.05, 4.69) is 79.9 Å². The first-order valence-electron chi connectivity index (χ1n) is 6.80. The van der Waals surface area contributed by atoms with Gasteiger partial charge in [0, 0.05) is 31.9 Å². The van der Waals surface area contributed by atoms with Crippen molar-refractivity contribution in [2.45, 2.75) is 0 Å². The lowest BCUT2D eigenvalue weighted by atomic mass is 10.0. The van der Waals surface area contributed by atoms with Crippen LogP contribution in [0.3, 0.4) is 0 Å². The van der Waals surface area contributed by atoms with Crippen LogP contribution in [0.25, 0.3) is 21.9 Å². The Kier molecular flexibility index (Phi) is 3.15. The molecule has 2 aromatic carbocycles. The summed E-state index contributed by atoms with van der Waals surface area (Å²) in [5.74, 6) is 0. The third-order valence-electron chi connectivity index (χ3n) is 3.65. The SMILES string of the molecule is CN(C)c1ccc2cc(-c3cc[n+](C)cc3)ccc2c1. The van der Waals surface area contributed by atoms with Crippen molar-refractivity contribution in [2.24, 2.45) is 7.05 Å². The molecule has 0 saturated heterocycles. The summed E-state index contributed by atoms with van der Waals surface area (Å²) in [4.78, 5) is 2.13. The van der Waals surface area contributed by atoms with Gasteiger partial charge in [0.25, 0.3) is 0 Å². The van der Waals surface area contributed by atoms with Gasteiger partial charge in [-0.25, -0.2) is 4.57 Å². The zero-order valence-electron chi connectivity index (χ0n) is 12.2. The maximum absolute atomic E-state index is 2.25. The second-order valence-corrected chi connectivity index (χ2v) is 5.39. The molecule has 3 rings (SSSR count). The van der Waals surface area contributed by atoms with Crippen molar-refractivity contribution >= 4 is 16.5 Å². The lowest BCUT2D eigenvalue weighted by Crippen LogP contribution is -2.25. The zero-order valence-corrected chi connectivity index (χ0v) is 12.2. The van der Waals surface area contributed by atoms with Gasteiger partial charge in [-0.2, -0.15) is 0 Å². The summed E-state index contributed by atoms with van der Waals surface area (Å²) in [6.45, 7) is 0. The maximum atomic E-state index is 2.25. The molecule has 0 aliphatic heterocycles. The summed E-state index contributed by atoms with van der Waals surface area (Å²) in [7, 11) is 6.17. The van der Waals surface area contributed by atoms with Crippen molar-refractivity contribution < 1.29 is 4.57 Å². The molecule has 2 nitrogen and oxygen atoms in total. The molecule has 2 heteroatoms. The largest absolute Gasteiger partial charge is 0.378 e. The van der Waals surface area contributed by atoms with Crippen LogP contribution in [0.1, 0.15) is 0 Å². The molecule has 0 bridgehead atoms. The number of hydrogen-bond donors (Lipinski definition) is 0. The van der Waals surface area contributed by atoms with Crippen molar-refractivity contribution in [3.8, 4) is 11.1 Å². The van der Waals surface area contributed by atoms with Gasteiger partial charge in [-0.1, -0.05) is 18.2 Å². The molecular formula is C18H19N2+. The molecular weight excluding hydrogens is 244 g/mol. The Hall–Kier alpha value is -2.35. The third kappa shape index (κ3) is 2.37. The number of fused-ring (bicyclic) bond motifs is 1. The molecule has 0 fully saturated rings. The third-order valence-corrected chi connectivity index (χ3v) is 3.65. The topological polar surface area (TPSA) is 7.12 Å². The Balaban J connectivity index is 2.07. The van der Waals surface area contributed by atoms with Gasteiger partial charge in [0.15, 0.2) is 12.4 Å². The highest BCUT2D eigenvalue weighted by atomic mass is 15.1. The van der Waals surface area contributed by atoms with E-state index in [-0.39, 0.29) is 0 Å². The van der Waals surface area contributed by atoms with E-state index in [0.717, 1.165) is 0 Å². The highest BCUT2D eigenvalue weighted by molar-refractivity contribution is 5.89. The molecule has 3 aromatic rings. The number of aryl methyl sites for hydroxylation is 1. The Morgan fingerprint density at radius 2 is 1.40 bits per heavy atom. The second kappa shape index (κ2) is 4.97. The second-order valence-electron chi connectivity index (χ2n) is 5.39. The molecule has 0 spiro atoms. The van der Waals surface area contributed by atoms with Gasteiger partial charge in [-0.3, -0.25) is 0 Å². The van der Waals surface area contributed by atoms with E-state index in [1.165, 1.54) is 27.6 Å². The standard InChI is InChI=1S/C18H19N2/c1-19(2)18-7-6-16-12-15(4-5-17(16)13-18)14-8-10-20(3)11-9-14/h4-13H,1-3H3/q+1. The lowest BCUT2D eigenvalue weighted by Gasteiger charge is -2.13. The van der Waals surface area contributed by atoms with Gasteiger partial charge in [0.2, 0.25) is 0 Å². The van der Waals surface area contributed by atoms with Crippen molar-refractivity contribution in [1.29, 1.82) is 0 Å². The zero-order chi connectivity index (χ0) is 14.1. The Labute approximate surface area is 119 Å². The molecule has 0 unspecified atom stereocenters. The predicted octanol–water partition coefficient (Wildman–Crippen LogP) is 3.40. The Morgan fingerprint density at radius 1 is 0.750 bits per heavy atom. The molecule has 0 saturated carbocycles. The van der Waals surface area contributed by atoms with Crippen molar-refractivity contribution in [1.82, 2.24) is 0 Å². The maximum Gasteiger partial charge on any atom is 0.169 e. The Bertz CT molecular complexity index is 743. The van der Waals surface area contributed by atoms with E-state index in [1.54, 1.807) is 0 Å². The number of benzene rings is 2. The number of nitrogens with zero attached hydrogens (tertiary/aromatic N) is 2. The van der Waals surface area contributed by atoms with Crippen molar-refractivity contribution in [3.63, 3.8) is 0 Å². The molecule has 0 N–H and O–H groups in total. The number of aromatic nitrogens is 1. The van der Waals surface area contributed by atoms with Crippen molar-refractivity contribution in [3.05, 3.63) is 60.9 Å². The van der Waals surface area contributed by atoms with E-state index < -0.39 is 0 Å². The number of rotatable bonds is 2. The van der Waals surface area contributed by atoms with Crippen LogP contribution in [0, 0.1) is 0 Å². The van der Waals surface area contributed by atoms with Crippen LogP contribution in [-0.4, -0.2) is 14.1 Å². The summed E-state index contributed by atoms with van der Waals surface area (Å²) in [5, 5.41) is 2.56. The first kappa shape index (κ1) is 12.7. The highest BCUT2D eigenvalue weighted by Crippen LogP contribution is 2.26. The fourth-order valence-electron chi connectivity index (χ4n) is 2.38. The quantitative estimate of drug-likeness (QED) is 0.643. The minimum absolute atomic E-state index is 1.23. The monoisotopic (exact) mass is 263 g/mol. The van der Waals surface area contributed by atoms with Crippen LogP contribution < -0.4 is 9.47 Å². The van der Waals surface area contributed by atoms with Crippen LogP contribution in [-0.2, 0) is 7.05 Å². The number of anilines is 1. The van der Waals surface area contributed by atoms with E-state index in [9.17, 15) is 0 Å². The van der Waals surface area contributed by atoms with E-state index in [1.807, 2.05) is 11.6 Å². The van der Waals surface area contributed by atoms with Crippen LogP contribution in [0.2, 0.25) is 0 Å². The summed E-state index contributed by atoms with van der Waals surface area (Å²) in [5.41, 5.74) is 3.74. The average molecular weight is 263 g/mol. The summed E-state index contributed by atoms with van der Waals surface area (Å²) in [6.07, 6.45) is 4.16. The summed E-state index contributed by atoms with van der Waals surface area (Å²) in [6, 6.07) is 17.5. The van der Waals surface area contributed by atoms with Crippen LogP contribution in [0.4, 0.5) is 5.69 Å². The van der Waals surface area contributed by atoms with Crippen LogP contribution >= 0.6 is 0 Å². The molecule has 1 aromatic heterocycles. The van der Waals surface area contributed by atoms with Gasteiger partial charge in [-0.05, 0) is 40.1 Å². The van der Waals surface area contributed by atoms with Crippen molar-refractivity contribution in [2.75, 3.05) is 19.0 Å². The van der Waals surface area contributed by atoms with Crippen LogP contribution in [0.5, 0.6) is 0 Å². The first-order valence-corrected chi connectivity index (χ1v) is 6.80. The van der Waals surface area contributed by atoms with Gasteiger partial charge in [-0.15, -0.1) is 0 Å². The average Bonchev–Trinajstić information content (AvgIpc) is 2.47. The molecule has 0 aliphatic rings. The molecule has 0 radical (unpaired) electrons. The molecule has 100 valence electrons. The summed E-state index contributed by atoms with van der Waals surface area (Å²) >= 11 is 0. The molecule has 1 heterocycles. The molecule has 0 amide bonds. The molecule has 20 heavy (non-hydrogen) atoms. The van der Waals surface area contributed by atoms with E-state index in [4.69, 9.17) is 0 Å². The minimum atomic E-state index is 1.23. The van der Waals surface area contributed by atoms with E-state index >= 15 is 0 Å². The fourth-order valence-corrected chi connectivity index (χ4v) is 2.38. The predicted molar refractivity (Wildman–Crippen MR) is 84.9 cm³/mol. The summed E-state index contributed by atoms with van der Waals surface area (Å²) < 4.78 is 2.05. The highest BCUT2D eigenvalue weighted by Gasteiger charge is 2.03. The number of pyridine rings is 1. The van der Waals surface area contributed by atoms with Crippen LogP contribution in [0.15, 0.2) is 60.9 Å². The minimum Gasteiger partial charge on any atom is -0.378 e. The van der Waals surface area contributed by atoms with Gasteiger partial charge < -0.3 is 4.90 Å². The normalized spacial score (nSPS) is 10.8. The molecule has 0 aliphatic carbocycles. The Morgan fingerprint density at radius 3 is 2.10 bits per heavy atom. The van der Waals surface area contributed by atoms with Gasteiger partial charge >= 0.3 is 0 Å².